The van der Waals surface area contributed by atoms with Crippen molar-refractivity contribution in [3.8, 4) is 0 Å². The number of methoxy groups -OCH3 is 1. The van der Waals surface area contributed by atoms with Gasteiger partial charge < -0.3 is 15.4 Å². The molecule has 1 atom stereocenters. The molecule has 0 aromatic carbocycles. The molecule has 1 aromatic heterocycles. The van der Waals surface area contributed by atoms with Gasteiger partial charge in [-0.05, 0) is 19.4 Å². The Labute approximate surface area is 150 Å². The summed E-state index contributed by atoms with van der Waals surface area (Å²) >= 11 is 0. The first-order valence-electron chi connectivity index (χ1n) is 8.37. The minimum Gasteiger partial charge on any atom is -0.384 e. The number of nitrogens with one attached hydrogen (secondary N) is 1. The van der Waals surface area contributed by atoms with Crippen LogP contribution in [0.25, 0.3) is 0 Å². The van der Waals surface area contributed by atoms with Gasteiger partial charge in [0, 0.05) is 21.2 Å². The van der Waals surface area contributed by atoms with Gasteiger partial charge in [-0.15, -0.1) is 0 Å². The Balaban J connectivity index is 2.28. The van der Waals surface area contributed by atoms with Gasteiger partial charge in [0.1, 0.15) is 11.4 Å². The van der Waals surface area contributed by atoms with Crippen molar-refractivity contribution in [3.05, 3.63) is 26.4 Å². The van der Waals surface area contributed by atoms with Crippen LogP contribution in [0.15, 0.2) is 9.59 Å². The Morgan fingerprint density at radius 3 is 2.65 bits per heavy atom. The molecule has 0 bridgehead atoms. The lowest BCUT2D eigenvalue weighted by molar-refractivity contribution is -0.133. The van der Waals surface area contributed by atoms with Crippen LogP contribution in [0.5, 0.6) is 0 Å². The number of anilines is 1. The Hall–Kier alpha value is -2.46. The average molecular weight is 367 g/mol. The lowest BCUT2D eigenvalue weighted by Crippen LogP contribution is -2.46. The summed E-state index contributed by atoms with van der Waals surface area (Å²) in [5.74, 6) is -0.786. The number of ketones is 1. The summed E-state index contributed by atoms with van der Waals surface area (Å²) in [5.41, 5.74) is 4.15. The minimum absolute atomic E-state index is 0.0813. The van der Waals surface area contributed by atoms with Crippen LogP contribution >= 0.6 is 0 Å². The number of nitrogens with zero attached hydrogens (tertiary/aromatic N) is 3. The number of H-pyrrole nitrogens is 1. The van der Waals surface area contributed by atoms with Crippen LogP contribution in [0.2, 0.25) is 0 Å². The van der Waals surface area contributed by atoms with Crippen LogP contribution < -0.4 is 17.0 Å². The van der Waals surface area contributed by atoms with Crippen LogP contribution in [0.3, 0.4) is 0 Å². The zero-order valence-corrected chi connectivity index (χ0v) is 15.3. The van der Waals surface area contributed by atoms with Crippen molar-refractivity contribution in [3.63, 3.8) is 0 Å². The van der Waals surface area contributed by atoms with Crippen molar-refractivity contribution >= 4 is 17.5 Å². The van der Waals surface area contributed by atoms with Gasteiger partial charge in [0.05, 0.1) is 25.7 Å². The van der Waals surface area contributed by atoms with Gasteiger partial charge in [-0.2, -0.15) is 0 Å². The fraction of sp³-hybridized carbons (Fsp3) is 0.625. The SMILES string of the molecule is COCCn1c(N)c(C(=O)CN2CCCC2C(=O)N(C)C)c(=O)[nH]c1=O. The second-order valence-corrected chi connectivity index (χ2v) is 6.45. The van der Waals surface area contributed by atoms with Gasteiger partial charge in [0.25, 0.3) is 5.56 Å². The van der Waals surface area contributed by atoms with Crippen molar-refractivity contribution in [1.82, 2.24) is 19.4 Å². The Morgan fingerprint density at radius 1 is 1.35 bits per heavy atom. The molecule has 1 amide bonds. The molecule has 0 saturated carbocycles. The van der Waals surface area contributed by atoms with E-state index in [9.17, 15) is 19.2 Å². The van der Waals surface area contributed by atoms with Gasteiger partial charge in [0.15, 0.2) is 5.78 Å². The van der Waals surface area contributed by atoms with Gasteiger partial charge in [-0.1, -0.05) is 0 Å². The van der Waals surface area contributed by atoms with Crippen LogP contribution in [-0.2, 0) is 16.1 Å². The number of carbonyl (C=O) groups is 2. The number of aromatic amines is 1. The third kappa shape index (κ3) is 4.02. The number of ether oxygens (including phenoxy) is 1. The van der Waals surface area contributed by atoms with Gasteiger partial charge >= 0.3 is 5.69 Å². The number of carbonyl (C=O) groups excluding carboxylic acids is 2. The predicted molar refractivity (Wildman–Crippen MR) is 95.2 cm³/mol. The summed E-state index contributed by atoms with van der Waals surface area (Å²) < 4.78 is 6.02. The summed E-state index contributed by atoms with van der Waals surface area (Å²) in [6.45, 7) is 0.788. The fourth-order valence-corrected chi connectivity index (χ4v) is 3.12. The van der Waals surface area contributed by atoms with Crippen molar-refractivity contribution in [2.75, 3.05) is 46.6 Å². The number of nitrogen functional groups attached to an aromatic ring is 1. The molecule has 0 radical (unpaired) electrons. The summed E-state index contributed by atoms with van der Waals surface area (Å²) in [6.07, 6.45) is 1.44. The number of Topliss-reactive ketones (excluding diaryl/α,β-unsaturated/α-hetero) is 1. The number of rotatable bonds is 7. The molecular formula is C16H25N5O5. The Kier molecular flexibility index (Phi) is 6.32. The topological polar surface area (TPSA) is 131 Å². The standard InChI is InChI=1S/C16H25N5O5/c1-19(2)15(24)10-5-4-6-20(10)9-11(22)12-13(17)21(7-8-26-3)16(25)18-14(12)23/h10H,4-9,17H2,1-3H3,(H,18,23,25). The Morgan fingerprint density at radius 2 is 2.04 bits per heavy atom. The van der Waals surface area contributed by atoms with E-state index >= 15 is 0 Å². The van der Waals surface area contributed by atoms with E-state index in [1.165, 1.54) is 12.0 Å². The monoisotopic (exact) mass is 367 g/mol. The Bertz CT molecular complexity index is 797. The molecule has 2 heterocycles. The maximum atomic E-state index is 12.7. The van der Waals surface area contributed by atoms with Crippen LogP contribution in [-0.4, -0.2) is 78.0 Å². The van der Waals surface area contributed by atoms with E-state index in [0.29, 0.717) is 13.0 Å². The third-order valence-electron chi connectivity index (χ3n) is 4.47. The molecule has 1 unspecified atom stereocenters. The van der Waals surface area contributed by atoms with Gasteiger partial charge in [-0.3, -0.25) is 28.8 Å². The van der Waals surface area contributed by atoms with Crippen molar-refractivity contribution in [1.29, 1.82) is 0 Å². The maximum absolute atomic E-state index is 12.7. The van der Waals surface area contributed by atoms with E-state index in [1.807, 2.05) is 0 Å². The highest BCUT2D eigenvalue weighted by molar-refractivity contribution is 6.01. The van der Waals surface area contributed by atoms with Gasteiger partial charge in [0.2, 0.25) is 5.91 Å². The number of hydrogen-bond donors (Lipinski definition) is 2. The third-order valence-corrected chi connectivity index (χ3v) is 4.47. The molecule has 10 heteroatoms. The highest BCUT2D eigenvalue weighted by Crippen LogP contribution is 2.19. The second kappa shape index (κ2) is 8.28. The van der Waals surface area contributed by atoms with E-state index in [-0.39, 0.29) is 37.0 Å². The number of likely N-dealkylation sites (tertiary alicyclic amines) is 1. The quantitative estimate of drug-likeness (QED) is 0.561. The van der Waals surface area contributed by atoms with E-state index in [0.717, 1.165) is 11.0 Å². The molecular weight excluding hydrogens is 342 g/mol. The largest absolute Gasteiger partial charge is 0.384 e. The van der Waals surface area contributed by atoms with Gasteiger partial charge in [-0.25, -0.2) is 4.79 Å². The van der Waals surface area contributed by atoms with Crippen LogP contribution in [0.4, 0.5) is 5.82 Å². The molecule has 26 heavy (non-hydrogen) atoms. The lowest BCUT2D eigenvalue weighted by Gasteiger charge is -2.25. The maximum Gasteiger partial charge on any atom is 0.330 e. The molecule has 1 saturated heterocycles. The van der Waals surface area contributed by atoms with E-state index in [2.05, 4.69) is 4.98 Å². The molecule has 1 aliphatic rings. The smallest absolute Gasteiger partial charge is 0.330 e. The molecule has 2 rings (SSSR count). The van der Waals surface area contributed by atoms with Crippen molar-refractivity contribution < 1.29 is 14.3 Å². The number of likely N-dealkylation sites (N-methyl/N-ethyl adjacent to an activating group) is 1. The minimum atomic E-state index is -0.819. The van der Waals surface area contributed by atoms with Crippen molar-refractivity contribution in [2.24, 2.45) is 0 Å². The summed E-state index contributed by atoms with van der Waals surface area (Å²) in [7, 11) is 4.79. The molecule has 0 aliphatic carbocycles. The molecule has 10 nitrogen and oxygen atoms in total. The van der Waals surface area contributed by atoms with Crippen molar-refractivity contribution in [2.45, 2.75) is 25.4 Å². The number of nitrogens with two attached hydrogens (primary N) is 1. The molecule has 1 aromatic rings. The molecule has 1 aliphatic heterocycles. The number of aromatic nitrogens is 2. The molecule has 144 valence electrons. The molecule has 3 N–H and O–H groups in total. The predicted octanol–water partition coefficient (Wildman–Crippen LogP) is -1.50. The first kappa shape index (κ1) is 19.9. The second-order valence-electron chi connectivity index (χ2n) is 6.45. The highest BCUT2D eigenvalue weighted by Gasteiger charge is 2.34. The van der Waals surface area contributed by atoms with E-state index in [4.69, 9.17) is 10.5 Å². The van der Waals surface area contributed by atoms with E-state index in [1.54, 1.807) is 19.0 Å². The normalized spacial score (nSPS) is 17.4. The van der Waals surface area contributed by atoms with Crippen LogP contribution in [0.1, 0.15) is 23.2 Å². The zero-order valence-electron chi connectivity index (χ0n) is 15.3. The fourth-order valence-electron chi connectivity index (χ4n) is 3.12. The number of amides is 1. The highest BCUT2D eigenvalue weighted by atomic mass is 16.5. The summed E-state index contributed by atoms with van der Waals surface area (Å²) in [5, 5.41) is 0. The summed E-state index contributed by atoms with van der Waals surface area (Å²) in [6, 6.07) is -0.395. The van der Waals surface area contributed by atoms with Crippen LogP contribution in [0, 0.1) is 0 Å². The van der Waals surface area contributed by atoms with E-state index < -0.39 is 23.1 Å². The zero-order chi connectivity index (χ0) is 19.4. The summed E-state index contributed by atoms with van der Waals surface area (Å²) in [4.78, 5) is 54.3. The number of hydrogen-bond acceptors (Lipinski definition) is 7. The molecule has 1 fully saturated rings. The average Bonchev–Trinajstić information content (AvgIpc) is 3.01. The first-order chi connectivity index (χ1) is 12.3. The molecule has 0 spiro atoms. The lowest BCUT2D eigenvalue weighted by atomic mass is 10.1. The first-order valence-corrected chi connectivity index (χ1v) is 8.37.